The van der Waals surface area contributed by atoms with Gasteiger partial charge in [0.2, 0.25) is 5.95 Å². The zero-order valence-corrected chi connectivity index (χ0v) is 10.6. The third-order valence-corrected chi connectivity index (χ3v) is 4.51. The molecule has 0 amide bonds. The van der Waals surface area contributed by atoms with Crippen LogP contribution in [-0.2, 0) is 6.54 Å². The van der Waals surface area contributed by atoms with Crippen molar-refractivity contribution in [2.45, 2.75) is 19.4 Å². The molecule has 0 aliphatic carbocycles. The molecule has 1 aliphatic rings. The second-order valence-electron chi connectivity index (χ2n) is 4.63. The number of nitrogens with zero attached hydrogens (tertiary/aromatic N) is 2. The van der Waals surface area contributed by atoms with Gasteiger partial charge in [0, 0.05) is 6.54 Å². The Morgan fingerprint density at radius 3 is 2.88 bits per heavy atom. The topological polar surface area (TPSA) is 43.8 Å². The molecule has 2 aromatic rings. The molecule has 0 unspecified atom stereocenters. The Bertz CT molecular complexity index is 514. The highest BCUT2D eigenvalue weighted by atomic mass is 32.2. The predicted octanol–water partition coefficient (Wildman–Crippen LogP) is 2.76. The maximum atomic E-state index is 6.02. The van der Waals surface area contributed by atoms with E-state index in [0.29, 0.717) is 5.95 Å². The van der Waals surface area contributed by atoms with Crippen LogP contribution in [0.15, 0.2) is 24.3 Å². The van der Waals surface area contributed by atoms with Crippen LogP contribution in [0.3, 0.4) is 0 Å². The fourth-order valence-electron chi connectivity index (χ4n) is 2.47. The number of aromatic nitrogens is 2. The van der Waals surface area contributed by atoms with Crippen molar-refractivity contribution < 1.29 is 0 Å². The predicted molar refractivity (Wildman–Crippen MR) is 74.2 cm³/mol. The molecule has 0 spiro atoms. The third-order valence-electron chi connectivity index (χ3n) is 3.47. The molecule has 1 fully saturated rings. The molecule has 1 saturated heterocycles. The van der Waals surface area contributed by atoms with E-state index in [9.17, 15) is 0 Å². The first-order chi connectivity index (χ1) is 8.34. The number of nitrogen functional groups attached to an aromatic ring is 1. The number of para-hydroxylation sites is 2. The van der Waals surface area contributed by atoms with Crippen molar-refractivity contribution in [3.8, 4) is 0 Å². The summed E-state index contributed by atoms with van der Waals surface area (Å²) in [5.41, 5.74) is 8.20. The Balaban J connectivity index is 1.90. The van der Waals surface area contributed by atoms with E-state index in [2.05, 4.69) is 33.4 Å². The Hall–Kier alpha value is -1.16. The molecule has 1 aromatic heterocycles. The quantitative estimate of drug-likeness (QED) is 0.887. The van der Waals surface area contributed by atoms with Gasteiger partial charge in [0.05, 0.1) is 11.0 Å². The third kappa shape index (κ3) is 2.14. The van der Waals surface area contributed by atoms with Crippen molar-refractivity contribution in [3.63, 3.8) is 0 Å². The van der Waals surface area contributed by atoms with Gasteiger partial charge in [-0.15, -0.1) is 0 Å². The summed E-state index contributed by atoms with van der Waals surface area (Å²) in [5.74, 6) is 3.99. The van der Waals surface area contributed by atoms with E-state index in [-0.39, 0.29) is 0 Å². The molecule has 0 radical (unpaired) electrons. The lowest BCUT2D eigenvalue weighted by atomic mass is 10.0. The van der Waals surface area contributed by atoms with Crippen molar-refractivity contribution in [3.05, 3.63) is 24.3 Å². The SMILES string of the molecule is Nc1nc2ccccc2n1CC1CCSCC1. The summed E-state index contributed by atoms with van der Waals surface area (Å²) in [6.45, 7) is 1.02. The van der Waals surface area contributed by atoms with Crippen LogP contribution in [0.4, 0.5) is 5.95 Å². The van der Waals surface area contributed by atoms with Gasteiger partial charge in [-0.1, -0.05) is 12.1 Å². The maximum Gasteiger partial charge on any atom is 0.201 e. The number of nitrogens with two attached hydrogens (primary N) is 1. The Morgan fingerprint density at radius 2 is 2.06 bits per heavy atom. The number of benzene rings is 1. The van der Waals surface area contributed by atoms with Gasteiger partial charge in [-0.3, -0.25) is 0 Å². The van der Waals surface area contributed by atoms with E-state index in [1.165, 1.54) is 29.9 Å². The molecular weight excluding hydrogens is 230 g/mol. The highest BCUT2D eigenvalue weighted by Crippen LogP contribution is 2.27. The van der Waals surface area contributed by atoms with Crippen LogP contribution in [-0.4, -0.2) is 21.1 Å². The number of rotatable bonds is 2. The van der Waals surface area contributed by atoms with Gasteiger partial charge >= 0.3 is 0 Å². The van der Waals surface area contributed by atoms with Gasteiger partial charge in [0.25, 0.3) is 0 Å². The van der Waals surface area contributed by atoms with Gasteiger partial charge in [0.1, 0.15) is 0 Å². The minimum Gasteiger partial charge on any atom is -0.369 e. The zero-order valence-electron chi connectivity index (χ0n) is 9.80. The van der Waals surface area contributed by atoms with Crippen LogP contribution in [0, 0.1) is 5.92 Å². The van der Waals surface area contributed by atoms with Gasteiger partial charge in [-0.05, 0) is 42.4 Å². The summed E-state index contributed by atoms with van der Waals surface area (Å²) in [6.07, 6.45) is 2.60. The van der Waals surface area contributed by atoms with Crippen LogP contribution in [0.1, 0.15) is 12.8 Å². The fraction of sp³-hybridized carbons (Fsp3) is 0.462. The smallest absolute Gasteiger partial charge is 0.201 e. The molecule has 0 saturated carbocycles. The first-order valence-corrected chi connectivity index (χ1v) is 7.28. The second kappa shape index (κ2) is 4.61. The van der Waals surface area contributed by atoms with Crippen LogP contribution < -0.4 is 5.73 Å². The first kappa shape index (κ1) is 11.0. The zero-order chi connectivity index (χ0) is 11.7. The summed E-state index contributed by atoms with van der Waals surface area (Å²) in [6, 6.07) is 8.20. The number of hydrogen-bond donors (Lipinski definition) is 1. The van der Waals surface area contributed by atoms with Crippen molar-refractivity contribution >= 4 is 28.7 Å². The molecule has 1 aliphatic heterocycles. The average molecular weight is 247 g/mol. The molecule has 2 heterocycles. The van der Waals surface area contributed by atoms with E-state index < -0.39 is 0 Å². The lowest BCUT2D eigenvalue weighted by Crippen LogP contribution is -2.17. The molecule has 2 N–H and O–H groups in total. The number of fused-ring (bicyclic) bond motifs is 1. The molecule has 1 aromatic carbocycles. The van der Waals surface area contributed by atoms with Crippen LogP contribution in [0.25, 0.3) is 11.0 Å². The Kier molecular flexibility index (Phi) is 2.97. The number of imidazole rings is 1. The Labute approximate surface area is 105 Å². The summed E-state index contributed by atoms with van der Waals surface area (Å²) in [4.78, 5) is 4.41. The summed E-state index contributed by atoms with van der Waals surface area (Å²) >= 11 is 2.06. The molecule has 0 atom stereocenters. The minimum atomic E-state index is 0.657. The van der Waals surface area contributed by atoms with Crippen LogP contribution in [0.2, 0.25) is 0 Å². The molecule has 3 rings (SSSR count). The molecule has 3 nitrogen and oxygen atoms in total. The van der Waals surface area contributed by atoms with Crippen molar-refractivity contribution in [2.24, 2.45) is 5.92 Å². The summed E-state index contributed by atoms with van der Waals surface area (Å²) in [7, 11) is 0. The van der Waals surface area contributed by atoms with Gasteiger partial charge in [-0.2, -0.15) is 11.8 Å². The largest absolute Gasteiger partial charge is 0.369 e. The average Bonchev–Trinajstić information content (AvgIpc) is 2.68. The lowest BCUT2D eigenvalue weighted by molar-refractivity contribution is 0.425. The van der Waals surface area contributed by atoms with Crippen molar-refractivity contribution in [2.75, 3.05) is 17.2 Å². The normalized spacial score (nSPS) is 17.6. The summed E-state index contributed by atoms with van der Waals surface area (Å²) < 4.78 is 2.18. The highest BCUT2D eigenvalue weighted by molar-refractivity contribution is 7.99. The van der Waals surface area contributed by atoms with Gasteiger partial charge < -0.3 is 10.3 Å². The van der Waals surface area contributed by atoms with E-state index in [1.54, 1.807) is 0 Å². The van der Waals surface area contributed by atoms with Gasteiger partial charge in [0.15, 0.2) is 0 Å². The molecular formula is C13H17N3S. The molecule has 4 heteroatoms. The maximum absolute atomic E-state index is 6.02. The van der Waals surface area contributed by atoms with Crippen LogP contribution in [0.5, 0.6) is 0 Å². The Morgan fingerprint density at radius 1 is 1.29 bits per heavy atom. The minimum absolute atomic E-state index is 0.657. The van der Waals surface area contributed by atoms with E-state index in [1.807, 2.05) is 12.1 Å². The van der Waals surface area contributed by atoms with E-state index >= 15 is 0 Å². The van der Waals surface area contributed by atoms with Gasteiger partial charge in [-0.25, -0.2) is 4.98 Å². The standard InChI is InChI=1S/C13H17N3S/c14-13-15-11-3-1-2-4-12(11)16(13)9-10-5-7-17-8-6-10/h1-4,10H,5-9H2,(H2,14,15). The molecule has 90 valence electrons. The van der Waals surface area contributed by atoms with Crippen molar-refractivity contribution in [1.82, 2.24) is 9.55 Å². The monoisotopic (exact) mass is 247 g/mol. The molecule has 0 bridgehead atoms. The molecule has 17 heavy (non-hydrogen) atoms. The summed E-state index contributed by atoms with van der Waals surface area (Å²) in [5, 5.41) is 0. The number of anilines is 1. The highest BCUT2D eigenvalue weighted by Gasteiger charge is 2.17. The van der Waals surface area contributed by atoms with Crippen molar-refractivity contribution in [1.29, 1.82) is 0 Å². The fourth-order valence-corrected chi connectivity index (χ4v) is 3.68. The second-order valence-corrected chi connectivity index (χ2v) is 5.85. The van der Waals surface area contributed by atoms with E-state index in [0.717, 1.165) is 18.0 Å². The number of thioether (sulfide) groups is 1. The van der Waals surface area contributed by atoms with Crippen LogP contribution >= 0.6 is 11.8 Å². The first-order valence-electron chi connectivity index (χ1n) is 6.13. The lowest BCUT2D eigenvalue weighted by Gasteiger charge is -2.22. The van der Waals surface area contributed by atoms with E-state index in [4.69, 9.17) is 5.73 Å². The number of hydrogen-bond acceptors (Lipinski definition) is 3.